The molecular weight excluding hydrogens is 605 g/mol. The molecule has 244 valence electrons. The Labute approximate surface area is 262 Å². The third kappa shape index (κ3) is 9.94. The highest BCUT2D eigenvalue weighted by molar-refractivity contribution is 6.44. The van der Waals surface area contributed by atoms with E-state index in [0.29, 0.717) is 12.8 Å². The van der Waals surface area contributed by atoms with Gasteiger partial charge in [0.25, 0.3) is 5.91 Å². The second-order valence-electron chi connectivity index (χ2n) is 12.5. The van der Waals surface area contributed by atoms with E-state index in [1.807, 2.05) is 0 Å². The monoisotopic (exact) mass is 649 g/mol. The van der Waals surface area contributed by atoms with Crippen LogP contribution < -0.4 is 21.7 Å². The Hall–Kier alpha value is -2.64. The molecule has 2 fully saturated rings. The number of rotatable bonds is 12. The third-order valence-corrected chi connectivity index (χ3v) is 8.43. The molecule has 15 heteroatoms. The number of halogens is 2. The lowest BCUT2D eigenvalue weighted by atomic mass is 9.83. The normalized spacial score (nSPS) is 21.6. The van der Waals surface area contributed by atoms with Gasteiger partial charge < -0.3 is 36.4 Å². The summed E-state index contributed by atoms with van der Waals surface area (Å²) < 4.78 is 5.34. The van der Waals surface area contributed by atoms with Crippen LogP contribution in [0.1, 0.15) is 73.1 Å². The lowest BCUT2D eigenvalue weighted by Gasteiger charge is -2.36. The van der Waals surface area contributed by atoms with Crippen LogP contribution in [0.5, 0.6) is 0 Å². The molecule has 0 aromatic heterocycles. The maximum absolute atomic E-state index is 14.2. The van der Waals surface area contributed by atoms with Crippen LogP contribution in [0.25, 0.3) is 0 Å². The van der Waals surface area contributed by atoms with E-state index in [-0.39, 0.29) is 18.9 Å². The number of likely N-dealkylation sites (tertiary alicyclic amines) is 1. The first-order valence-corrected chi connectivity index (χ1v) is 15.5. The number of hydrogen-bond acceptors (Lipinski definition) is 8. The van der Waals surface area contributed by atoms with Crippen molar-refractivity contribution in [2.45, 2.75) is 108 Å². The summed E-state index contributed by atoms with van der Waals surface area (Å²) in [5, 5.41) is 17.3. The number of carbonyl (C=O) groups is 6. The van der Waals surface area contributed by atoms with Gasteiger partial charge >= 0.3 is 12.0 Å². The topological polar surface area (TPSA) is 197 Å². The van der Waals surface area contributed by atoms with Crippen molar-refractivity contribution in [1.29, 1.82) is 0 Å². The predicted molar refractivity (Wildman–Crippen MR) is 159 cm³/mol. The summed E-state index contributed by atoms with van der Waals surface area (Å²) >= 11 is 12.4. The van der Waals surface area contributed by atoms with E-state index in [9.17, 15) is 33.9 Å². The maximum Gasteiger partial charge on any atom is 0.329 e. The lowest BCUT2D eigenvalue weighted by molar-refractivity contribution is -0.152. The van der Waals surface area contributed by atoms with Gasteiger partial charge in [0.05, 0.1) is 12.7 Å². The first kappa shape index (κ1) is 36.6. The number of esters is 1. The van der Waals surface area contributed by atoms with Gasteiger partial charge in [0.1, 0.15) is 29.0 Å². The quantitative estimate of drug-likeness (QED) is 0.118. The molecule has 5 amide bonds. The maximum atomic E-state index is 14.2. The summed E-state index contributed by atoms with van der Waals surface area (Å²) in [5.74, 6) is -5.58. The van der Waals surface area contributed by atoms with E-state index < -0.39 is 88.6 Å². The van der Waals surface area contributed by atoms with Crippen LogP contribution in [-0.4, -0.2) is 93.8 Å². The van der Waals surface area contributed by atoms with Crippen molar-refractivity contribution in [3.05, 3.63) is 0 Å². The fourth-order valence-electron chi connectivity index (χ4n) is 5.56. The number of carbonyl (C=O) groups excluding carboxylic acids is 6. The predicted octanol–water partition coefficient (Wildman–Crippen LogP) is 1.15. The molecule has 0 radical (unpaired) electrons. The van der Waals surface area contributed by atoms with Crippen molar-refractivity contribution in [2.24, 2.45) is 23.0 Å². The summed E-state index contributed by atoms with van der Waals surface area (Å²) in [5.41, 5.74) is 4.32. The van der Waals surface area contributed by atoms with E-state index in [4.69, 9.17) is 33.7 Å². The molecule has 1 saturated carbocycles. The van der Waals surface area contributed by atoms with Gasteiger partial charge in [-0.1, -0.05) is 40.0 Å². The Kier molecular flexibility index (Phi) is 13.5. The number of Topliss-reactive ketones (excluding diaryl/α,β-unsaturated/α-hetero) is 1. The van der Waals surface area contributed by atoms with Gasteiger partial charge in [-0.2, -0.15) is 0 Å². The zero-order valence-corrected chi connectivity index (χ0v) is 26.9. The fraction of sp³-hybridized carbons (Fsp3) is 0.786. The Morgan fingerprint density at radius 1 is 0.977 bits per heavy atom. The number of hydrogen-bond donors (Lipinski definition) is 5. The molecule has 2 rings (SSSR count). The lowest BCUT2D eigenvalue weighted by Crippen LogP contribution is -2.61. The smallest absolute Gasteiger partial charge is 0.329 e. The van der Waals surface area contributed by atoms with Crippen molar-refractivity contribution in [3.63, 3.8) is 0 Å². The van der Waals surface area contributed by atoms with Gasteiger partial charge in [-0.25, -0.2) is 9.59 Å². The molecule has 43 heavy (non-hydrogen) atoms. The van der Waals surface area contributed by atoms with Gasteiger partial charge in [-0.05, 0) is 44.4 Å². The molecule has 0 aromatic rings. The minimum absolute atomic E-state index is 0.0724. The van der Waals surface area contributed by atoms with Gasteiger partial charge in [0.15, 0.2) is 0 Å². The molecule has 1 aliphatic heterocycles. The number of primary amides is 1. The molecular formula is C28H45Cl2N5O8. The van der Waals surface area contributed by atoms with Crippen LogP contribution in [0.4, 0.5) is 4.79 Å². The van der Waals surface area contributed by atoms with Crippen molar-refractivity contribution >= 4 is 58.7 Å². The van der Waals surface area contributed by atoms with Crippen LogP contribution in [0, 0.1) is 17.3 Å². The first-order valence-electron chi connectivity index (χ1n) is 14.6. The molecule has 0 bridgehead atoms. The Morgan fingerprint density at radius 3 is 2.07 bits per heavy atom. The number of nitrogens with two attached hydrogens (primary N) is 1. The summed E-state index contributed by atoms with van der Waals surface area (Å²) in [6.07, 6.45) is 3.80. The summed E-state index contributed by atoms with van der Waals surface area (Å²) in [6.45, 7) is 7.89. The number of urea groups is 1. The van der Waals surface area contributed by atoms with E-state index in [0.717, 1.165) is 19.3 Å². The molecule has 2 unspecified atom stereocenters. The minimum atomic E-state index is -1.62. The number of amides is 5. The highest BCUT2D eigenvalue weighted by atomic mass is 35.5. The first-order chi connectivity index (χ1) is 20.0. The van der Waals surface area contributed by atoms with Crippen molar-refractivity contribution in [1.82, 2.24) is 20.9 Å². The van der Waals surface area contributed by atoms with Crippen molar-refractivity contribution < 1.29 is 38.6 Å². The highest BCUT2D eigenvalue weighted by Gasteiger charge is 2.48. The average Bonchev–Trinajstić information content (AvgIpc) is 3.37. The second kappa shape index (κ2) is 15.9. The standard InChI is InChI=1S/C28H45Cl2N5O8/c1-14(2)43-26(41)21(28(3,4)5)34-27(42)33-18(15-9-7-6-8-10-15)25(40)35-12-11-16(22(29)30)19(35)24(39)32-17(13-36)20(37)23(31)38/h14-19,21-22,36H,6-13H2,1-5H3,(H2,31,38)(H,32,39)(H2,33,34,42)/t16-,17?,18-,19-,21?/m0/s1. The minimum Gasteiger partial charge on any atom is -0.461 e. The van der Waals surface area contributed by atoms with Gasteiger partial charge in [0.2, 0.25) is 17.6 Å². The van der Waals surface area contributed by atoms with E-state index in [1.54, 1.807) is 34.6 Å². The highest BCUT2D eigenvalue weighted by Crippen LogP contribution is 2.35. The average molecular weight is 651 g/mol. The zero-order valence-electron chi connectivity index (χ0n) is 25.4. The number of aliphatic hydroxyl groups is 1. The largest absolute Gasteiger partial charge is 0.461 e. The number of aliphatic hydroxyl groups excluding tert-OH is 1. The zero-order chi connectivity index (χ0) is 32.6. The van der Waals surface area contributed by atoms with Crippen LogP contribution in [0.15, 0.2) is 0 Å². The van der Waals surface area contributed by atoms with Crippen LogP contribution >= 0.6 is 23.2 Å². The van der Waals surface area contributed by atoms with Gasteiger partial charge in [-0.15, -0.1) is 23.2 Å². The summed E-state index contributed by atoms with van der Waals surface area (Å²) in [4.78, 5) is 77.4. The molecule has 0 aromatic carbocycles. The van der Waals surface area contributed by atoms with Crippen molar-refractivity contribution in [3.8, 4) is 0 Å². The Bertz CT molecular complexity index is 1040. The molecule has 0 spiro atoms. The summed E-state index contributed by atoms with van der Waals surface area (Å²) in [7, 11) is 0. The van der Waals surface area contributed by atoms with Gasteiger partial charge in [-0.3, -0.25) is 19.2 Å². The number of alkyl halides is 2. The van der Waals surface area contributed by atoms with Crippen LogP contribution in [-0.2, 0) is 28.7 Å². The second-order valence-corrected chi connectivity index (χ2v) is 13.7. The van der Waals surface area contributed by atoms with E-state index in [1.165, 1.54) is 4.90 Å². The molecule has 1 heterocycles. The Balaban J connectivity index is 2.37. The SMILES string of the molecule is CC(C)OC(=O)C(NC(=O)N[C@H](C(=O)N1CC[C@H](C(Cl)Cl)[C@H]1C(=O)NC(CO)C(=O)C(N)=O)C1CCCCC1)C(C)(C)C. The fourth-order valence-corrected chi connectivity index (χ4v) is 6.08. The molecule has 5 atom stereocenters. The molecule has 13 nitrogen and oxygen atoms in total. The summed E-state index contributed by atoms with van der Waals surface area (Å²) in [6, 6.07) is -5.70. The van der Waals surface area contributed by atoms with Crippen molar-refractivity contribution in [2.75, 3.05) is 13.2 Å². The third-order valence-electron chi connectivity index (χ3n) is 7.78. The molecule has 1 saturated heterocycles. The van der Waals surface area contributed by atoms with Gasteiger partial charge in [0, 0.05) is 12.5 Å². The van der Waals surface area contributed by atoms with Crippen LogP contribution in [0.2, 0.25) is 0 Å². The number of nitrogens with one attached hydrogen (secondary N) is 3. The number of ether oxygens (including phenoxy) is 1. The number of ketones is 1. The molecule has 1 aliphatic carbocycles. The Morgan fingerprint density at radius 2 is 1.58 bits per heavy atom. The molecule has 6 N–H and O–H groups in total. The van der Waals surface area contributed by atoms with E-state index in [2.05, 4.69) is 16.0 Å². The number of nitrogens with zero attached hydrogens (tertiary/aromatic N) is 1. The van der Waals surface area contributed by atoms with Crippen LogP contribution in [0.3, 0.4) is 0 Å². The van der Waals surface area contributed by atoms with E-state index >= 15 is 0 Å². The molecule has 2 aliphatic rings.